The Bertz CT molecular complexity index is 754. The van der Waals surface area contributed by atoms with Crippen LogP contribution in [0.2, 0.25) is 0 Å². The van der Waals surface area contributed by atoms with Gasteiger partial charge in [0.1, 0.15) is 6.29 Å². The van der Waals surface area contributed by atoms with Gasteiger partial charge in [0.2, 0.25) is 0 Å². The second kappa shape index (κ2) is 9.94. The standard InChI is InChI=1S/C20H21N3O3/c1-2-26-20(25)23(19-6-3-11-22-14-19)12-4-5-18(13-21)17-9-7-16(15-24)8-10-17/h3,6-11,14-15,18H,2,4-5,12H2,1H3. The molecule has 1 aromatic carbocycles. The van der Waals surface area contributed by atoms with Crippen molar-refractivity contribution in [2.45, 2.75) is 25.7 Å². The van der Waals surface area contributed by atoms with Crippen molar-refractivity contribution in [3.8, 4) is 6.07 Å². The molecular formula is C20H21N3O3. The maximum Gasteiger partial charge on any atom is 0.414 e. The summed E-state index contributed by atoms with van der Waals surface area (Å²) >= 11 is 0. The fourth-order valence-electron chi connectivity index (χ4n) is 2.61. The van der Waals surface area contributed by atoms with E-state index in [0.29, 0.717) is 37.2 Å². The summed E-state index contributed by atoms with van der Waals surface area (Å²) in [6.07, 6.45) is 4.81. The fraction of sp³-hybridized carbons (Fsp3) is 0.300. The summed E-state index contributed by atoms with van der Waals surface area (Å²) in [6.45, 7) is 2.47. The van der Waals surface area contributed by atoms with E-state index >= 15 is 0 Å². The van der Waals surface area contributed by atoms with Crippen LogP contribution in [0, 0.1) is 11.3 Å². The lowest BCUT2D eigenvalue weighted by Gasteiger charge is -2.22. The number of hydrogen-bond acceptors (Lipinski definition) is 5. The molecule has 0 bridgehead atoms. The van der Waals surface area contributed by atoms with Gasteiger partial charge in [-0.05, 0) is 37.5 Å². The minimum Gasteiger partial charge on any atom is -0.449 e. The molecule has 0 aliphatic heterocycles. The van der Waals surface area contributed by atoms with Gasteiger partial charge in [0.05, 0.1) is 30.5 Å². The van der Waals surface area contributed by atoms with Crippen molar-refractivity contribution in [1.29, 1.82) is 5.26 Å². The number of nitriles is 1. The number of amides is 1. The van der Waals surface area contributed by atoms with Crippen molar-refractivity contribution >= 4 is 18.1 Å². The maximum atomic E-state index is 12.2. The monoisotopic (exact) mass is 351 g/mol. The lowest BCUT2D eigenvalue weighted by molar-refractivity contribution is 0.112. The minimum absolute atomic E-state index is 0.291. The van der Waals surface area contributed by atoms with Gasteiger partial charge in [-0.2, -0.15) is 5.26 Å². The summed E-state index contributed by atoms with van der Waals surface area (Å²) < 4.78 is 5.11. The predicted octanol–water partition coefficient (Wildman–Crippen LogP) is 3.94. The zero-order valence-corrected chi connectivity index (χ0v) is 14.7. The first kappa shape index (κ1) is 19.1. The number of carbonyl (C=O) groups is 2. The number of aldehydes is 1. The van der Waals surface area contributed by atoms with E-state index in [1.165, 1.54) is 4.90 Å². The Labute approximate surface area is 153 Å². The van der Waals surface area contributed by atoms with Gasteiger partial charge in [-0.3, -0.25) is 14.7 Å². The van der Waals surface area contributed by atoms with E-state index in [2.05, 4.69) is 11.1 Å². The molecule has 0 spiro atoms. The highest BCUT2D eigenvalue weighted by Gasteiger charge is 2.18. The lowest BCUT2D eigenvalue weighted by Crippen LogP contribution is -2.32. The van der Waals surface area contributed by atoms with Crippen LogP contribution in [0.4, 0.5) is 10.5 Å². The summed E-state index contributed by atoms with van der Waals surface area (Å²) in [4.78, 5) is 28.5. The first-order chi connectivity index (χ1) is 12.7. The third-order valence-corrected chi connectivity index (χ3v) is 3.95. The second-order valence-electron chi connectivity index (χ2n) is 5.67. The van der Waals surface area contributed by atoms with E-state index in [9.17, 15) is 14.9 Å². The van der Waals surface area contributed by atoms with Crippen LogP contribution < -0.4 is 4.90 Å². The van der Waals surface area contributed by atoms with Gasteiger partial charge in [-0.1, -0.05) is 24.3 Å². The van der Waals surface area contributed by atoms with Crippen LogP contribution in [0.5, 0.6) is 0 Å². The van der Waals surface area contributed by atoms with Crippen molar-refractivity contribution in [2.75, 3.05) is 18.1 Å². The van der Waals surface area contributed by atoms with Gasteiger partial charge >= 0.3 is 6.09 Å². The molecule has 1 aromatic heterocycles. The van der Waals surface area contributed by atoms with Crippen LogP contribution in [-0.4, -0.2) is 30.5 Å². The number of anilines is 1. The number of rotatable bonds is 8. The summed E-state index contributed by atoms with van der Waals surface area (Å²) in [7, 11) is 0. The molecule has 0 fully saturated rings. The van der Waals surface area contributed by atoms with Crippen molar-refractivity contribution in [3.63, 3.8) is 0 Å². The van der Waals surface area contributed by atoms with Gasteiger partial charge in [0, 0.05) is 18.3 Å². The number of pyridine rings is 1. The van der Waals surface area contributed by atoms with E-state index in [4.69, 9.17) is 4.74 Å². The molecular weight excluding hydrogens is 330 g/mol. The number of nitrogens with zero attached hydrogens (tertiary/aromatic N) is 3. The van der Waals surface area contributed by atoms with Gasteiger partial charge in [-0.25, -0.2) is 4.79 Å². The van der Waals surface area contributed by atoms with E-state index < -0.39 is 6.09 Å². The average molecular weight is 351 g/mol. The molecule has 0 saturated heterocycles. The maximum absolute atomic E-state index is 12.2. The Morgan fingerprint density at radius 2 is 2.12 bits per heavy atom. The van der Waals surface area contributed by atoms with Crippen LogP contribution in [0.3, 0.4) is 0 Å². The zero-order chi connectivity index (χ0) is 18.8. The molecule has 6 nitrogen and oxygen atoms in total. The summed E-state index contributed by atoms with van der Waals surface area (Å²) in [5.41, 5.74) is 2.10. The molecule has 1 amide bonds. The summed E-state index contributed by atoms with van der Waals surface area (Å²) in [6, 6.07) is 12.8. The molecule has 1 heterocycles. The molecule has 0 aliphatic rings. The molecule has 0 radical (unpaired) electrons. The van der Waals surface area contributed by atoms with E-state index in [1.54, 1.807) is 55.7 Å². The van der Waals surface area contributed by atoms with Crippen LogP contribution >= 0.6 is 0 Å². The summed E-state index contributed by atoms with van der Waals surface area (Å²) in [5.74, 6) is -0.298. The van der Waals surface area contributed by atoms with Crippen molar-refractivity contribution in [1.82, 2.24) is 4.98 Å². The number of hydrogen-bond donors (Lipinski definition) is 0. The third kappa shape index (κ3) is 5.15. The zero-order valence-electron chi connectivity index (χ0n) is 14.7. The molecule has 6 heteroatoms. The Balaban J connectivity index is 2.01. The second-order valence-corrected chi connectivity index (χ2v) is 5.67. The van der Waals surface area contributed by atoms with Crippen LogP contribution in [0.1, 0.15) is 41.6 Å². The van der Waals surface area contributed by atoms with Crippen LogP contribution in [0.25, 0.3) is 0 Å². The van der Waals surface area contributed by atoms with Gasteiger partial charge in [-0.15, -0.1) is 0 Å². The Kier molecular flexibility index (Phi) is 7.31. The molecule has 2 aromatic rings. The minimum atomic E-state index is -0.427. The largest absolute Gasteiger partial charge is 0.449 e. The van der Waals surface area contributed by atoms with Crippen molar-refractivity contribution in [3.05, 3.63) is 59.9 Å². The van der Waals surface area contributed by atoms with E-state index in [1.807, 2.05) is 0 Å². The van der Waals surface area contributed by atoms with Crippen molar-refractivity contribution in [2.24, 2.45) is 0 Å². The normalized spacial score (nSPS) is 11.2. The molecule has 0 aliphatic carbocycles. The molecule has 26 heavy (non-hydrogen) atoms. The number of benzene rings is 1. The third-order valence-electron chi connectivity index (χ3n) is 3.95. The molecule has 1 unspecified atom stereocenters. The predicted molar refractivity (Wildman–Crippen MR) is 98.0 cm³/mol. The molecule has 0 saturated carbocycles. The van der Waals surface area contributed by atoms with E-state index in [-0.39, 0.29) is 5.92 Å². The number of carbonyl (C=O) groups excluding carboxylic acids is 2. The van der Waals surface area contributed by atoms with Gasteiger partial charge in [0.15, 0.2) is 0 Å². The van der Waals surface area contributed by atoms with E-state index in [0.717, 1.165) is 11.8 Å². The Morgan fingerprint density at radius 1 is 1.35 bits per heavy atom. The van der Waals surface area contributed by atoms with Gasteiger partial charge < -0.3 is 4.74 Å². The first-order valence-corrected chi connectivity index (χ1v) is 8.48. The number of ether oxygens (including phenoxy) is 1. The number of aromatic nitrogens is 1. The highest BCUT2D eigenvalue weighted by atomic mass is 16.6. The van der Waals surface area contributed by atoms with Crippen molar-refractivity contribution < 1.29 is 14.3 Å². The highest BCUT2D eigenvalue weighted by Crippen LogP contribution is 2.22. The lowest BCUT2D eigenvalue weighted by atomic mass is 9.95. The smallest absolute Gasteiger partial charge is 0.414 e. The molecule has 0 N–H and O–H groups in total. The van der Waals surface area contributed by atoms with Gasteiger partial charge in [0.25, 0.3) is 0 Å². The first-order valence-electron chi connectivity index (χ1n) is 8.48. The Hall–Kier alpha value is -3.20. The molecule has 134 valence electrons. The fourth-order valence-corrected chi connectivity index (χ4v) is 2.61. The highest BCUT2D eigenvalue weighted by molar-refractivity contribution is 5.87. The molecule has 1 atom stereocenters. The average Bonchev–Trinajstić information content (AvgIpc) is 2.69. The Morgan fingerprint density at radius 3 is 2.69 bits per heavy atom. The molecule has 2 rings (SSSR count). The topological polar surface area (TPSA) is 83.3 Å². The quantitative estimate of drug-likeness (QED) is 0.673. The van der Waals surface area contributed by atoms with Crippen LogP contribution in [-0.2, 0) is 4.74 Å². The van der Waals surface area contributed by atoms with Crippen LogP contribution in [0.15, 0.2) is 48.8 Å². The summed E-state index contributed by atoms with van der Waals surface area (Å²) in [5, 5.41) is 9.45. The SMILES string of the molecule is CCOC(=O)N(CCCC(C#N)c1ccc(C=O)cc1)c1cccnc1.